The van der Waals surface area contributed by atoms with Gasteiger partial charge < -0.3 is 9.84 Å². The first-order valence-electron chi connectivity index (χ1n) is 7.76. The van der Waals surface area contributed by atoms with Gasteiger partial charge in [-0.25, -0.2) is 5.21 Å². The van der Waals surface area contributed by atoms with Crippen LogP contribution in [0.2, 0.25) is 0 Å². The number of nitrogens with zero attached hydrogens (tertiary/aromatic N) is 1. The van der Waals surface area contributed by atoms with Crippen molar-refractivity contribution in [2.24, 2.45) is 0 Å². The number of quaternary nitrogens is 1. The fraction of sp³-hybridized carbons (Fsp3) is 0.647. The molecule has 0 aliphatic heterocycles. The fourth-order valence-electron chi connectivity index (χ4n) is 3.38. The van der Waals surface area contributed by atoms with Gasteiger partial charge in [0, 0.05) is 0 Å². The molecule has 1 saturated carbocycles. The summed E-state index contributed by atoms with van der Waals surface area (Å²) in [5, 5.41) is 21.3. The summed E-state index contributed by atoms with van der Waals surface area (Å²) in [5.41, 5.74) is 0.353. The monoisotopic (exact) mass is 294 g/mol. The molecule has 1 aromatic carbocycles. The van der Waals surface area contributed by atoms with Crippen molar-refractivity contribution in [3.05, 3.63) is 29.8 Å². The Labute approximate surface area is 127 Å². The summed E-state index contributed by atoms with van der Waals surface area (Å²) in [6.07, 6.45) is 4.92. The summed E-state index contributed by atoms with van der Waals surface area (Å²) in [6.45, 7) is 0.503. The molecule has 2 N–H and O–H groups in total. The highest BCUT2D eigenvalue weighted by Crippen LogP contribution is 2.41. The average molecular weight is 294 g/mol. The van der Waals surface area contributed by atoms with E-state index >= 15 is 0 Å². The summed E-state index contributed by atoms with van der Waals surface area (Å²) in [5.74, 6) is 0.745. The zero-order valence-electron chi connectivity index (χ0n) is 13.4. The molecule has 0 saturated heterocycles. The van der Waals surface area contributed by atoms with E-state index in [1.165, 1.54) is 6.42 Å². The highest BCUT2D eigenvalue weighted by Gasteiger charge is 2.42. The van der Waals surface area contributed by atoms with Crippen LogP contribution in [-0.2, 0) is 0 Å². The zero-order valence-corrected chi connectivity index (χ0v) is 13.4. The number of hydroxylamine groups is 3. The summed E-state index contributed by atoms with van der Waals surface area (Å²) < 4.78 is 5.06. The van der Waals surface area contributed by atoms with Crippen LogP contribution in [0.4, 0.5) is 0 Å². The summed E-state index contributed by atoms with van der Waals surface area (Å²) in [4.78, 5) is 0. The zero-order chi connectivity index (χ0) is 15.5. The lowest BCUT2D eigenvalue weighted by atomic mass is 9.72. The third-order valence-corrected chi connectivity index (χ3v) is 4.52. The standard InChI is InChI=1S/C17H28NO3/c1-18(2,20)13-16(17(19)11-5-4-6-12-17)14-7-9-15(21-3)10-8-14/h7-10,16,19-20H,4-6,11-13H2,1-3H3/q+1/t16-/m0/s1. The normalized spacial score (nSPS) is 20.0. The lowest BCUT2D eigenvalue weighted by Crippen LogP contribution is -2.48. The van der Waals surface area contributed by atoms with E-state index in [9.17, 15) is 10.3 Å². The minimum Gasteiger partial charge on any atom is -0.497 e. The lowest BCUT2D eigenvalue weighted by Gasteiger charge is -2.41. The van der Waals surface area contributed by atoms with Crippen molar-refractivity contribution in [1.29, 1.82) is 0 Å². The molecule has 1 fully saturated rings. The van der Waals surface area contributed by atoms with Gasteiger partial charge in [-0.1, -0.05) is 31.4 Å². The minimum atomic E-state index is -0.717. The van der Waals surface area contributed by atoms with Gasteiger partial charge in [0.05, 0.1) is 32.7 Å². The number of methoxy groups -OCH3 is 1. The molecule has 0 bridgehead atoms. The van der Waals surface area contributed by atoms with E-state index in [1.54, 1.807) is 21.2 Å². The summed E-state index contributed by atoms with van der Waals surface area (Å²) in [7, 11) is 5.15. The Morgan fingerprint density at radius 2 is 1.71 bits per heavy atom. The molecule has 0 aromatic heterocycles. The van der Waals surface area contributed by atoms with Gasteiger partial charge in [0.15, 0.2) is 0 Å². The smallest absolute Gasteiger partial charge is 0.118 e. The van der Waals surface area contributed by atoms with Gasteiger partial charge >= 0.3 is 0 Å². The van der Waals surface area contributed by atoms with Crippen molar-refractivity contribution < 1.29 is 19.7 Å². The second-order valence-electron chi connectivity index (χ2n) is 6.79. The number of hydrogen-bond donors (Lipinski definition) is 2. The van der Waals surface area contributed by atoms with Crippen LogP contribution >= 0.6 is 0 Å². The lowest BCUT2D eigenvalue weighted by molar-refractivity contribution is -1.07. The van der Waals surface area contributed by atoms with Gasteiger partial charge in [0.1, 0.15) is 12.3 Å². The van der Waals surface area contributed by atoms with Crippen LogP contribution in [-0.4, -0.2) is 48.3 Å². The number of rotatable bonds is 5. The molecular formula is C17H28NO3+. The van der Waals surface area contributed by atoms with Crippen LogP contribution in [0, 0.1) is 0 Å². The van der Waals surface area contributed by atoms with E-state index in [0.717, 1.165) is 37.0 Å². The summed E-state index contributed by atoms with van der Waals surface area (Å²) >= 11 is 0. The van der Waals surface area contributed by atoms with Crippen molar-refractivity contribution >= 4 is 0 Å². The van der Waals surface area contributed by atoms with Gasteiger partial charge in [0.2, 0.25) is 0 Å². The maximum absolute atomic E-state index is 11.1. The molecule has 118 valence electrons. The Hall–Kier alpha value is -1.10. The average Bonchev–Trinajstić information content (AvgIpc) is 2.45. The molecule has 4 heteroatoms. The van der Waals surface area contributed by atoms with Crippen LogP contribution in [0.3, 0.4) is 0 Å². The van der Waals surface area contributed by atoms with Gasteiger partial charge in [-0.3, -0.25) is 0 Å². The van der Waals surface area contributed by atoms with Crippen LogP contribution in [0.5, 0.6) is 5.75 Å². The van der Waals surface area contributed by atoms with Gasteiger partial charge in [-0.2, -0.15) is 4.65 Å². The molecule has 4 nitrogen and oxygen atoms in total. The second-order valence-corrected chi connectivity index (χ2v) is 6.79. The number of hydrogen-bond acceptors (Lipinski definition) is 3. The third kappa shape index (κ3) is 4.19. The van der Waals surface area contributed by atoms with Crippen LogP contribution in [0.25, 0.3) is 0 Å². The van der Waals surface area contributed by atoms with Gasteiger partial charge in [-0.15, -0.1) is 0 Å². The van der Waals surface area contributed by atoms with Crippen molar-refractivity contribution in [1.82, 2.24) is 0 Å². The minimum absolute atomic E-state index is 0.0660. The summed E-state index contributed by atoms with van der Waals surface area (Å²) in [6, 6.07) is 7.86. The van der Waals surface area contributed by atoms with Gasteiger partial charge in [0.25, 0.3) is 0 Å². The highest BCUT2D eigenvalue weighted by molar-refractivity contribution is 5.31. The Kier molecular flexibility index (Phi) is 4.91. The number of aliphatic hydroxyl groups is 1. The first-order valence-corrected chi connectivity index (χ1v) is 7.76. The van der Waals surface area contributed by atoms with Crippen molar-refractivity contribution in [2.45, 2.75) is 43.6 Å². The number of benzene rings is 1. The third-order valence-electron chi connectivity index (χ3n) is 4.52. The Balaban J connectivity index is 2.30. The Morgan fingerprint density at radius 1 is 1.14 bits per heavy atom. The molecule has 0 radical (unpaired) electrons. The predicted molar refractivity (Wildman–Crippen MR) is 82.5 cm³/mol. The largest absolute Gasteiger partial charge is 0.497 e. The van der Waals surface area contributed by atoms with E-state index in [-0.39, 0.29) is 10.6 Å². The predicted octanol–water partition coefficient (Wildman–Crippen LogP) is 2.94. The van der Waals surface area contributed by atoms with Crippen molar-refractivity contribution in [2.75, 3.05) is 27.7 Å². The Bertz CT molecular complexity index is 444. The molecule has 0 amide bonds. The maximum atomic E-state index is 11.1. The van der Waals surface area contributed by atoms with E-state index in [4.69, 9.17) is 4.74 Å². The van der Waals surface area contributed by atoms with E-state index in [1.807, 2.05) is 24.3 Å². The molecule has 0 spiro atoms. The molecule has 0 heterocycles. The van der Waals surface area contributed by atoms with E-state index in [0.29, 0.717) is 6.54 Å². The molecule has 21 heavy (non-hydrogen) atoms. The molecule has 1 atom stereocenters. The van der Waals surface area contributed by atoms with Crippen LogP contribution < -0.4 is 4.74 Å². The topological polar surface area (TPSA) is 49.7 Å². The maximum Gasteiger partial charge on any atom is 0.118 e. The molecule has 1 aliphatic carbocycles. The fourth-order valence-corrected chi connectivity index (χ4v) is 3.38. The number of ether oxygens (including phenoxy) is 1. The molecular weight excluding hydrogens is 266 g/mol. The van der Waals surface area contributed by atoms with E-state index < -0.39 is 5.60 Å². The first-order chi connectivity index (χ1) is 9.84. The quantitative estimate of drug-likeness (QED) is 0.648. The molecule has 2 rings (SSSR count). The number of likely N-dealkylation sites (N-methyl/N-ethyl adjacent to an activating group) is 1. The SMILES string of the molecule is COc1ccc([C@H](C[N+](C)(C)O)C2(O)CCCCC2)cc1. The second kappa shape index (κ2) is 6.34. The van der Waals surface area contributed by atoms with Crippen molar-refractivity contribution in [3.8, 4) is 5.75 Å². The van der Waals surface area contributed by atoms with E-state index in [2.05, 4.69) is 0 Å². The molecule has 1 aromatic rings. The first kappa shape index (κ1) is 16.3. The van der Waals surface area contributed by atoms with Gasteiger partial charge in [-0.05, 0) is 30.5 Å². The Morgan fingerprint density at radius 3 is 2.19 bits per heavy atom. The van der Waals surface area contributed by atoms with Crippen LogP contribution in [0.1, 0.15) is 43.6 Å². The highest BCUT2D eigenvalue weighted by atomic mass is 16.5. The van der Waals surface area contributed by atoms with Crippen molar-refractivity contribution in [3.63, 3.8) is 0 Å². The molecule has 0 unspecified atom stereocenters. The molecule has 1 aliphatic rings. The van der Waals surface area contributed by atoms with Crippen LogP contribution in [0.15, 0.2) is 24.3 Å².